The smallest absolute Gasteiger partial charge is 0.310 e. The minimum absolute atomic E-state index is 0.199. The SMILES string of the molecule is CCOC(=O)[C@@H]1[C@H]2C[C@H]3[C@H](OC(=O)[C@@H]31)[C@@H]2S(=O)(=O)c1ccccc1. The van der Waals surface area contributed by atoms with E-state index in [-0.39, 0.29) is 17.4 Å². The summed E-state index contributed by atoms with van der Waals surface area (Å²) < 4.78 is 36.7. The highest BCUT2D eigenvalue weighted by Gasteiger charge is 2.71. The van der Waals surface area contributed by atoms with Crippen molar-refractivity contribution in [2.45, 2.75) is 29.6 Å². The van der Waals surface area contributed by atoms with Crippen LogP contribution >= 0.6 is 0 Å². The van der Waals surface area contributed by atoms with Crippen LogP contribution in [0.2, 0.25) is 0 Å². The monoisotopic (exact) mass is 350 g/mol. The highest BCUT2D eigenvalue weighted by Crippen LogP contribution is 2.60. The number of fused-ring (bicyclic) bond motifs is 1. The molecule has 0 radical (unpaired) electrons. The molecule has 3 fully saturated rings. The van der Waals surface area contributed by atoms with Crippen molar-refractivity contribution >= 4 is 21.8 Å². The zero-order valence-corrected chi connectivity index (χ0v) is 13.9. The van der Waals surface area contributed by atoms with Gasteiger partial charge in [-0.1, -0.05) is 18.2 Å². The third-order valence-corrected chi connectivity index (χ3v) is 7.80. The number of ether oxygens (including phenoxy) is 2. The van der Waals surface area contributed by atoms with E-state index in [9.17, 15) is 18.0 Å². The highest BCUT2D eigenvalue weighted by molar-refractivity contribution is 7.92. The second-order valence-corrected chi connectivity index (χ2v) is 8.70. The van der Waals surface area contributed by atoms with E-state index in [1.54, 1.807) is 25.1 Å². The van der Waals surface area contributed by atoms with Crippen LogP contribution in [0.4, 0.5) is 0 Å². The van der Waals surface area contributed by atoms with E-state index in [2.05, 4.69) is 0 Å². The van der Waals surface area contributed by atoms with Crippen molar-refractivity contribution in [3.63, 3.8) is 0 Å². The predicted molar refractivity (Wildman–Crippen MR) is 82.5 cm³/mol. The van der Waals surface area contributed by atoms with Gasteiger partial charge >= 0.3 is 11.9 Å². The van der Waals surface area contributed by atoms with Crippen LogP contribution in [0.1, 0.15) is 13.3 Å². The molecule has 0 amide bonds. The average molecular weight is 350 g/mol. The van der Waals surface area contributed by atoms with Crippen molar-refractivity contribution in [2.75, 3.05) is 6.61 Å². The summed E-state index contributed by atoms with van der Waals surface area (Å²) in [5.74, 6) is -2.86. The molecule has 128 valence electrons. The first-order chi connectivity index (χ1) is 11.5. The Morgan fingerprint density at radius 3 is 2.62 bits per heavy atom. The largest absolute Gasteiger partial charge is 0.466 e. The first-order valence-corrected chi connectivity index (χ1v) is 9.67. The number of esters is 2. The zero-order valence-electron chi connectivity index (χ0n) is 13.1. The molecule has 1 heterocycles. The molecule has 2 saturated carbocycles. The van der Waals surface area contributed by atoms with Gasteiger partial charge in [-0.25, -0.2) is 8.42 Å². The molecule has 1 aromatic rings. The Labute approximate surface area is 140 Å². The minimum Gasteiger partial charge on any atom is -0.466 e. The molecular weight excluding hydrogens is 332 g/mol. The van der Waals surface area contributed by atoms with E-state index < -0.39 is 50.9 Å². The number of hydrogen-bond donors (Lipinski definition) is 0. The molecule has 0 spiro atoms. The molecular formula is C17H18O6S. The Kier molecular flexibility index (Phi) is 3.46. The maximum atomic E-state index is 13.1. The molecule has 7 heteroatoms. The lowest BCUT2D eigenvalue weighted by atomic mass is 9.80. The zero-order chi connectivity index (χ0) is 17.1. The Bertz CT molecular complexity index is 787. The summed E-state index contributed by atoms with van der Waals surface area (Å²) in [5, 5.41) is -0.873. The standard InChI is InChI=1S/C17H18O6S/c1-2-22-16(18)13-11-8-10-12(13)17(19)23-14(10)15(11)24(20,21)9-6-4-3-5-7-9/h3-7,10-15H,2,8H2,1H3/t10-,11-,12+,13-,14+,15-/m1/s1. The van der Waals surface area contributed by atoms with Gasteiger partial charge in [0.25, 0.3) is 0 Å². The van der Waals surface area contributed by atoms with Gasteiger partial charge in [0.2, 0.25) is 0 Å². The van der Waals surface area contributed by atoms with Gasteiger partial charge in [0.1, 0.15) is 11.4 Å². The normalized spacial score (nSPS) is 36.6. The Balaban J connectivity index is 1.76. The maximum Gasteiger partial charge on any atom is 0.310 e. The van der Waals surface area contributed by atoms with E-state index in [0.29, 0.717) is 6.42 Å². The number of carbonyl (C=O) groups is 2. The number of carbonyl (C=O) groups excluding carboxylic acids is 2. The highest BCUT2D eigenvalue weighted by atomic mass is 32.2. The van der Waals surface area contributed by atoms with Crippen molar-refractivity contribution in [2.24, 2.45) is 23.7 Å². The molecule has 0 aromatic heterocycles. The average Bonchev–Trinajstić information content (AvgIpc) is 3.17. The second kappa shape index (κ2) is 5.31. The summed E-state index contributed by atoms with van der Waals surface area (Å²) >= 11 is 0. The van der Waals surface area contributed by atoms with Crippen molar-refractivity contribution in [3.8, 4) is 0 Å². The lowest BCUT2D eigenvalue weighted by molar-refractivity contribution is -0.155. The predicted octanol–water partition coefficient (Wildman–Crippen LogP) is 1.20. The van der Waals surface area contributed by atoms with E-state index in [4.69, 9.17) is 9.47 Å². The second-order valence-electron chi connectivity index (χ2n) is 6.59. The van der Waals surface area contributed by atoms with Crippen LogP contribution in [0, 0.1) is 23.7 Å². The fraction of sp³-hybridized carbons (Fsp3) is 0.529. The minimum atomic E-state index is -3.69. The molecule has 0 unspecified atom stereocenters. The molecule has 0 N–H and O–H groups in total. The molecule has 6 atom stereocenters. The lowest BCUT2D eigenvalue weighted by Crippen LogP contribution is -2.45. The van der Waals surface area contributed by atoms with Crippen LogP contribution in [0.25, 0.3) is 0 Å². The number of hydrogen-bond acceptors (Lipinski definition) is 6. The topological polar surface area (TPSA) is 86.7 Å². The van der Waals surface area contributed by atoms with Gasteiger partial charge in [0.05, 0.1) is 23.3 Å². The van der Waals surface area contributed by atoms with Crippen LogP contribution < -0.4 is 0 Å². The molecule has 4 rings (SSSR count). The van der Waals surface area contributed by atoms with Gasteiger partial charge in [-0.3, -0.25) is 9.59 Å². The van der Waals surface area contributed by atoms with Gasteiger partial charge < -0.3 is 9.47 Å². The molecule has 1 aliphatic heterocycles. The Morgan fingerprint density at radius 1 is 1.25 bits per heavy atom. The molecule has 6 nitrogen and oxygen atoms in total. The van der Waals surface area contributed by atoms with E-state index in [0.717, 1.165) is 0 Å². The quantitative estimate of drug-likeness (QED) is 0.759. The first-order valence-electron chi connectivity index (χ1n) is 8.13. The van der Waals surface area contributed by atoms with Crippen LogP contribution in [0.5, 0.6) is 0 Å². The summed E-state index contributed by atoms with van der Waals surface area (Å²) in [4.78, 5) is 24.7. The van der Waals surface area contributed by atoms with Gasteiger partial charge in [0.15, 0.2) is 9.84 Å². The van der Waals surface area contributed by atoms with Crippen LogP contribution in [0.3, 0.4) is 0 Å². The van der Waals surface area contributed by atoms with Crippen molar-refractivity contribution in [1.29, 1.82) is 0 Å². The van der Waals surface area contributed by atoms with Crippen LogP contribution in [-0.4, -0.2) is 38.3 Å². The van der Waals surface area contributed by atoms with Crippen LogP contribution in [-0.2, 0) is 28.9 Å². The van der Waals surface area contributed by atoms with E-state index in [1.807, 2.05) is 0 Å². The fourth-order valence-electron chi connectivity index (χ4n) is 4.73. The van der Waals surface area contributed by atoms with Crippen molar-refractivity contribution in [1.82, 2.24) is 0 Å². The molecule has 3 aliphatic rings. The summed E-state index contributed by atoms with van der Waals surface area (Å²) in [6, 6.07) is 8.13. The number of sulfone groups is 1. The van der Waals surface area contributed by atoms with Gasteiger partial charge in [-0.2, -0.15) is 0 Å². The van der Waals surface area contributed by atoms with Gasteiger partial charge in [-0.15, -0.1) is 0 Å². The fourth-order valence-corrected chi connectivity index (χ4v) is 6.93. The summed E-state index contributed by atoms with van der Waals surface area (Å²) in [7, 11) is -3.69. The third-order valence-electron chi connectivity index (χ3n) is 5.53. The number of benzene rings is 1. The molecule has 2 bridgehead atoms. The lowest BCUT2D eigenvalue weighted by Gasteiger charge is -2.30. The molecule has 2 aliphatic carbocycles. The Morgan fingerprint density at radius 2 is 1.96 bits per heavy atom. The molecule has 1 saturated heterocycles. The van der Waals surface area contributed by atoms with Crippen molar-refractivity contribution in [3.05, 3.63) is 30.3 Å². The Hall–Kier alpha value is -1.89. The third kappa shape index (κ3) is 1.97. The van der Waals surface area contributed by atoms with Gasteiger partial charge in [0, 0.05) is 5.92 Å². The van der Waals surface area contributed by atoms with E-state index >= 15 is 0 Å². The molecule has 24 heavy (non-hydrogen) atoms. The summed E-state index contributed by atoms with van der Waals surface area (Å²) in [6.07, 6.45) is -0.134. The van der Waals surface area contributed by atoms with Gasteiger partial charge in [-0.05, 0) is 31.4 Å². The first kappa shape index (κ1) is 15.6. The summed E-state index contributed by atoms with van der Waals surface area (Å²) in [5.41, 5.74) is 0. The molecule has 1 aromatic carbocycles. The van der Waals surface area contributed by atoms with Crippen molar-refractivity contribution < 1.29 is 27.5 Å². The van der Waals surface area contributed by atoms with Crippen LogP contribution in [0.15, 0.2) is 35.2 Å². The summed E-state index contributed by atoms with van der Waals surface area (Å²) in [6.45, 7) is 1.90. The number of rotatable bonds is 4. The maximum absolute atomic E-state index is 13.1. The van der Waals surface area contributed by atoms with E-state index in [1.165, 1.54) is 12.1 Å².